The molecule has 0 unspecified atom stereocenters. The summed E-state index contributed by atoms with van der Waals surface area (Å²) >= 11 is 0. The molecular formula is C16H17NO2. The smallest absolute Gasteiger partial charge is 0.231 e. The molecule has 3 saturated carbocycles. The number of hydrogen-bond acceptors (Lipinski definition) is 3. The molecule has 4 aliphatic rings. The second-order valence-electron chi connectivity index (χ2n) is 6.24. The van der Waals surface area contributed by atoms with Crippen LogP contribution < -0.4 is 9.47 Å². The summed E-state index contributed by atoms with van der Waals surface area (Å²) < 4.78 is 10.9. The molecule has 3 fully saturated rings. The summed E-state index contributed by atoms with van der Waals surface area (Å²) in [4.78, 5) is 0. The minimum Gasteiger partial charge on any atom is -0.454 e. The molecule has 1 aliphatic heterocycles. The van der Waals surface area contributed by atoms with Crippen molar-refractivity contribution in [3.63, 3.8) is 0 Å². The van der Waals surface area contributed by atoms with Crippen LogP contribution in [0.15, 0.2) is 18.2 Å². The SMILES string of the molecule is N#CC12CCC(c3ccc4c(c3)OCO4)(CC1)CC2. The Hall–Kier alpha value is -1.69. The molecule has 0 N–H and O–H groups in total. The maximum atomic E-state index is 9.36. The predicted octanol–water partition coefficient (Wildman–Crippen LogP) is 3.53. The highest BCUT2D eigenvalue weighted by Gasteiger charge is 2.49. The topological polar surface area (TPSA) is 42.2 Å². The number of fused-ring (bicyclic) bond motifs is 4. The summed E-state index contributed by atoms with van der Waals surface area (Å²) in [7, 11) is 0. The number of ether oxygens (including phenoxy) is 2. The van der Waals surface area contributed by atoms with Gasteiger partial charge in [0.25, 0.3) is 0 Å². The Kier molecular flexibility index (Phi) is 2.15. The molecule has 1 heterocycles. The summed E-state index contributed by atoms with van der Waals surface area (Å²) in [5.74, 6) is 1.74. The number of nitriles is 1. The van der Waals surface area contributed by atoms with Gasteiger partial charge in [0.2, 0.25) is 6.79 Å². The molecule has 0 amide bonds. The highest BCUT2D eigenvalue weighted by molar-refractivity contribution is 5.47. The van der Waals surface area contributed by atoms with Gasteiger partial charge in [-0.3, -0.25) is 0 Å². The van der Waals surface area contributed by atoms with E-state index in [1.165, 1.54) is 5.56 Å². The van der Waals surface area contributed by atoms with Crippen LogP contribution in [-0.2, 0) is 5.41 Å². The van der Waals surface area contributed by atoms with E-state index in [9.17, 15) is 5.26 Å². The van der Waals surface area contributed by atoms with Crippen molar-refractivity contribution in [1.82, 2.24) is 0 Å². The zero-order valence-electron chi connectivity index (χ0n) is 10.9. The van der Waals surface area contributed by atoms with Crippen LogP contribution in [0.5, 0.6) is 11.5 Å². The molecule has 3 nitrogen and oxygen atoms in total. The van der Waals surface area contributed by atoms with Gasteiger partial charge in [-0.2, -0.15) is 5.26 Å². The average molecular weight is 255 g/mol. The number of benzene rings is 1. The van der Waals surface area contributed by atoms with Crippen molar-refractivity contribution in [2.75, 3.05) is 6.79 Å². The maximum absolute atomic E-state index is 9.36. The van der Waals surface area contributed by atoms with E-state index in [0.717, 1.165) is 50.0 Å². The molecule has 0 atom stereocenters. The number of hydrogen-bond donors (Lipinski definition) is 0. The first-order valence-corrected chi connectivity index (χ1v) is 7.07. The molecule has 0 spiro atoms. The third kappa shape index (κ3) is 1.49. The Bertz CT molecular complexity index is 548. The fourth-order valence-corrected chi connectivity index (χ4v) is 4.01. The minimum atomic E-state index is -0.0158. The van der Waals surface area contributed by atoms with Crippen LogP contribution in [-0.4, -0.2) is 6.79 Å². The zero-order valence-corrected chi connectivity index (χ0v) is 10.9. The van der Waals surface area contributed by atoms with Crippen molar-refractivity contribution < 1.29 is 9.47 Å². The fourth-order valence-electron chi connectivity index (χ4n) is 4.01. The first-order chi connectivity index (χ1) is 9.25. The molecule has 1 aromatic carbocycles. The van der Waals surface area contributed by atoms with E-state index in [2.05, 4.69) is 18.2 Å². The monoisotopic (exact) mass is 255 g/mol. The number of nitrogens with zero attached hydrogens (tertiary/aromatic N) is 1. The fraction of sp³-hybridized carbons (Fsp3) is 0.562. The number of rotatable bonds is 1. The van der Waals surface area contributed by atoms with E-state index in [4.69, 9.17) is 9.47 Å². The molecule has 1 aromatic rings. The predicted molar refractivity (Wildman–Crippen MR) is 70.0 cm³/mol. The Morgan fingerprint density at radius 2 is 1.63 bits per heavy atom. The Morgan fingerprint density at radius 1 is 0.947 bits per heavy atom. The summed E-state index contributed by atoms with van der Waals surface area (Å²) in [5.41, 5.74) is 1.64. The molecule has 0 radical (unpaired) electrons. The van der Waals surface area contributed by atoms with Gasteiger partial charge in [0.05, 0.1) is 11.5 Å². The van der Waals surface area contributed by atoms with Crippen LogP contribution in [0, 0.1) is 16.7 Å². The molecular weight excluding hydrogens is 238 g/mol. The quantitative estimate of drug-likeness (QED) is 0.771. The van der Waals surface area contributed by atoms with Gasteiger partial charge in [-0.05, 0) is 61.6 Å². The van der Waals surface area contributed by atoms with Crippen molar-refractivity contribution in [2.24, 2.45) is 5.41 Å². The van der Waals surface area contributed by atoms with Gasteiger partial charge in [-0.1, -0.05) is 6.07 Å². The Labute approximate surface area is 113 Å². The molecule has 98 valence electrons. The lowest BCUT2D eigenvalue weighted by atomic mass is 9.52. The molecule has 3 aliphatic carbocycles. The van der Waals surface area contributed by atoms with Gasteiger partial charge in [0.15, 0.2) is 11.5 Å². The van der Waals surface area contributed by atoms with E-state index in [1.54, 1.807) is 0 Å². The molecule has 3 heteroatoms. The van der Waals surface area contributed by atoms with E-state index < -0.39 is 0 Å². The first kappa shape index (κ1) is 11.2. The third-order valence-electron chi connectivity index (χ3n) is 5.47. The molecule has 2 bridgehead atoms. The average Bonchev–Trinajstić information content (AvgIpc) is 2.96. The van der Waals surface area contributed by atoms with Crippen molar-refractivity contribution in [1.29, 1.82) is 5.26 Å². The van der Waals surface area contributed by atoms with Gasteiger partial charge in [0.1, 0.15) is 0 Å². The van der Waals surface area contributed by atoms with Gasteiger partial charge >= 0.3 is 0 Å². The van der Waals surface area contributed by atoms with Gasteiger partial charge in [-0.25, -0.2) is 0 Å². The van der Waals surface area contributed by atoms with Crippen LogP contribution in [0.3, 0.4) is 0 Å². The van der Waals surface area contributed by atoms with Crippen molar-refractivity contribution in [3.05, 3.63) is 23.8 Å². The normalized spacial score (nSPS) is 35.1. The first-order valence-electron chi connectivity index (χ1n) is 7.07. The molecule has 0 saturated heterocycles. The molecule has 5 rings (SSSR count). The van der Waals surface area contributed by atoms with Gasteiger partial charge < -0.3 is 9.47 Å². The Morgan fingerprint density at radius 3 is 2.32 bits per heavy atom. The summed E-state index contributed by atoms with van der Waals surface area (Å²) in [5, 5.41) is 9.36. The lowest BCUT2D eigenvalue weighted by molar-refractivity contribution is 0.0847. The molecule has 0 aromatic heterocycles. The summed E-state index contributed by atoms with van der Waals surface area (Å²) in [6.07, 6.45) is 6.58. The minimum absolute atomic E-state index is 0.0158. The zero-order chi connectivity index (χ0) is 12.9. The van der Waals surface area contributed by atoms with Crippen molar-refractivity contribution in [3.8, 4) is 17.6 Å². The molecule has 19 heavy (non-hydrogen) atoms. The highest BCUT2D eigenvalue weighted by Crippen LogP contribution is 2.58. The van der Waals surface area contributed by atoms with E-state index in [-0.39, 0.29) is 10.8 Å². The van der Waals surface area contributed by atoms with E-state index in [0.29, 0.717) is 6.79 Å². The van der Waals surface area contributed by atoms with Crippen LogP contribution in [0.4, 0.5) is 0 Å². The van der Waals surface area contributed by atoms with Crippen molar-refractivity contribution >= 4 is 0 Å². The standard InChI is InChI=1S/C16H17NO2/c17-10-15-3-6-16(7-4-15,8-5-15)12-1-2-13-14(9-12)19-11-18-13/h1-2,9H,3-8,11H2. The maximum Gasteiger partial charge on any atom is 0.231 e. The summed E-state index contributed by atoms with van der Waals surface area (Å²) in [6, 6.07) is 8.96. The summed E-state index contributed by atoms with van der Waals surface area (Å²) in [6.45, 7) is 0.337. The van der Waals surface area contributed by atoms with Crippen LogP contribution >= 0.6 is 0 Å². The van der Waals surface area contributed by atoms with Crippen molar-refractivity contribution in [2.45, 2.75) is 43.9 Å². The lowest BCUT2D eigenvalue weighted by Gasteiger charge is -2.50. The van der Waals surface area contributed by atoms with E-state index in [1.807, 2.05) is 6.07 Å². The third-order valence-corrected chi connectivity index (χ3v) is 5.47. The van der Waals surface area contributed by atoms with Crippen LogP contribution in [0.2, 0.25) is 0 Å². The van der Waals surface area contributed by atoms with Crippen LogP contribution in [0.25, 0.3) is 0 Å². The van der Waals surface area contributed by atoms with Crippen LogP contribution in [0.1, 0.15) is 44.1 Å². The van der Waals surface area contributed by atoms with Gasteiger partial charge in [-0.15, -0.1) is 0 Å². The second-order valence-corrected chi connectivity index (χ2v) is 6.24. The lowest BCUT2D eigenvalue weighted by Crippen LogP contribution is -2.43. The second kappa shape index (κ2) is 3.66. The van der Waals surface area contributed by atoms with E-state index >= 15 is 0 Å². The highest BCUT2D eigenvalue weighted by atomic mass is 16.7. The largest absolute Gasteiger partial charge is 0.454 e. The Balaban J connectivity index is 1.69. The van der Waals surface area contributed by atoms with Gasteiger partial charge in [0, 0.05) is 0 Å².